The highest BCUT2D eigenvalue weighted by Crippen LogP contribution is 2.24. The van der Waals surface area contributed by atoms with Crippen LogP contribution < -0.4 is 0 Å². The van der Waals surface area contributed by atoms with E-state index in [1.165, 1.54) is 25.6 Å². The van der Waals surface area contributed by atoms with Crippen molar-refractivity contribution < 1.29 is 23.9 Å². The Labute approximate surface area is 146 Å². The van der Waals surface area contributed by atoms with E-state index in [1.54, 1.807) is 11.6 Å². The van der Waals surface area contributed by atoms with E-state index in [2.05, 4.69) is 24.6 Å². The Morgan fingerprint density at radius 1 is 1.20 bits per heavy atom. The summed E-state index contributed by atoms with van der Waals surface area (Å²) < 4.78 is 9.09. The largest absolute Gasteiger partial charge is 0.534 e. The van der Waals surface area contributed by atoms with Crippen LogP contribution >= 0.6 is 11.3 Å². The molecule has 0 unspecified atom stereocenters. The second-order valence-electron chi connectivity index (χ2n) is 4.76. The molecule has 3 rings (SSSR count). The van der Waals surface area contributed by atoms with Gasteiger partial charge in [-0.25, -0.2) is 14.6 Å². The Bertz CT molecular complexity index is 959. The van der Waals surface area contributed by atoms with Crippen LogP contribution in [0.25, 0.3) is 10.9 Å². The molecule has 0 saturated carbocycles. The molecule has 9 heteroatoms. The van der Waals surface area contributed by atoms with Crippen molar-refractivity contribution in [2.24, 2.45) is 5.16 Å². The number of H-pyrrole nitrogens is 1. The summed E-state index contributed by atoms with van der Waals surface area (Å²) in [6, 6.07) is 7.56. The fourth-order valence-corrected chi connectivity index (χ4v) is 2.95. The Balaban J connectivity index is 2.08. The number of ether oxygens (including phenoxy) is 2. The van der Waals surface area contributed by atoms with Crippen LogP contribution in [-0.2, 0) is 14.3 Å². The van der Waals surface area contributed by atoms with Crippen molar-refractivity contribution in [3.63, 3.8) is 0 Å². The third-order valence-electron chi connectivity index (χ3n) is 3.32. The molecule has 25 heavy (non-hydrogen) atoms. The van der Waals surface area contributed by atoms with Gasteiger partial charge in [-0.15, -0.1) is 11.3 Å². The van der Waals surface area contributed by atoms with Gasteiger partial charge in [-0.3, -0.25) is 4.84 Å². The summed E-state index contributed by atoms with van der Waals surface area (Å²) in [4.78, 5) is 35.0. The molecule has 0 aliphatic carbocycles. The highest BCUT2D eigenvalue weighted by Gasteiger charge is 2.20. The zero-order chi connectivity index (χ0) is 17.8. The lowest BCUT2D eigenvalue weighted by atomic mass is 10.1. The van der Waals surface area contributed by atoms with Crippen LogP contribution in [0.4, 0.5) is 4.79 Å². The summed E-state index contributed by atoms with van der Waals surface area (Å²) in [6.07, 6.45) is 0.769. The molecule has 0 aliphatic rings. The van der Waals surface area contributed by atoms with Gasteiger partial charge in [-0.2, -0.15) is 0 Å². The van der Waals surface area contributed by atoms with E-state index in [0.29, 0.717) is 16.3 Å². The number of carbonyl (C=O) groups is 2. The maximum atomic E-state index is 11.6. The minimum atomic E-state index is -0.956. The van der Waals surface area contributed by atoms with Crippen LogP contribution in [0.3, 0.4) is 0 Å². The Kier molecular flexibility index (Phi) is 4.75. The van der Waals surface area contributed by atoms with Crippen LogP contribution in [0.2, 0.25) is 0 Å². The molecule has 0 amide bonds. The van der Waals surface area contributed by atoms with E-state index >= 15 is 0 Å². The van der Waals surface area contributed by atoms with Gasteiger partial charge in [-0.1, -0.05) is 23.4 Å². The van der Waals surface area contributed by atoms with Crippen molar-refractivity contribution in [2.45, 2.75) is 0 Å². The Morgan fingerprint density at radius 2 is 2.00 bits per heavy atom. The van der Waals surface area contributed by atoms with Crippen LogP contribution in [0.5, 0.6) is 0 Å². The first kappa shape index (κ1) is 16.7. The van der Waals surface area contributed by atoms with Crippen LogP contribution in [0, 0.1) is 0 Å². The van der Waals surface area contributed by atoms with E-state index in [1.807, 2.05) is 24.3 Å². The SMILES string of the molecule is COC(=O)O/N=C(\c1nc(C(=O)OC)cs1)c1c[nH]c2ccccc12. The normalized spacial score (nSPS) is 11.4. The quantitative estimate of drug-likeness (QED) is 0.332. The van der Waals surface area contributed by atoms with Gasteiger partial charge in [0.15, 0.2) is 5.69 Å². The molecule has 1 aromatic carbocycles. The van der Waals surface area contributed by atoms with Gasteiger partial charge >= 0.3 is 12.1 Å². The first-order valence-electron chi connectivity index (χ1n) is 7.07. The minimum absolute atomic E-state index is 0.146. The molecule has 0 aliphatic heterocycles. The number of hydrogen-bond donors (Lipinski definition) is 1. The number of aromatic amines is 1. The van der Waals surface area contributed by atoms with Crippen molar-refractivity contribution in [3.8, 4) is 0 Å². The molecule has 0 radical (unpaired) electrons. The third-order valence-corrected chi connectivity index (χ3v) is 4.17. The van der Waals surface area contributed by atoms with Gasteiger partial charge in [0.1, 0.15) is 10.7 Å². The molecule has 0 atom stereocenters. The predicted octanol–water partition coefficient (Wildman–Crippen LogP) is 2.95. The first-order chi connectivity index (χ1) is 12.1. The monoisotopic (exact) mass is 359 g/mol. The van der Waals surface area contributed by atoms with Gasteiger partial charge in [-0.05, 0) is 6.07 Å². The summed E-state index contributed by atoms with van der Waals surface area (Å²) in [5.41, 5.74) is 1.99. The second-order valence-corrected chi connectivity index (χ2v) is 5.62. The van der Waals surface area contributed by atoms with Gasteiger partial charge < -0.3 is 14.5 Å². The lowest BCUT2D eigenvalue weighted by Crippen LogP contribution is -2.08. The second kappa shape index (κ2) is 7.14. The van der Waals surface area contributed by atoms with E-state index in [4.69, 9.17) is 4.84 Å². The summed E-state index contributed by atoms with van der Waals surface area (Å²) in [7, 11) is 2.46. The first-order valence-corrected chi connectivity index (χ1v) is 7.95. The predicted molar refractivity (Wildman–Crippen MR) is 90.9 cm³/mol. The molecule has 3 aromatic rings. The van der Waals surface area contributed by atoms with Crippen molar-refractivity contribution in [1.82, 2.24) is 9.97 Å². The van der Waals surface area contributed by atoms with Crippen LogP contribution in [-0.4, -0.2) is 42.0 Å². The van der Waals surface area contributed by atoms with Crippen molar-refractivity contribution in [1.29, 1.82) is 0 Å². The molecular formula is C16H13N3O5S. The molecule has 8 nitrogen and oxygen atoms in total. The van der Waals surface area contributed by atoms with E-state index in [0.717, 1.165) is 10.9 Å². The van der Waals surface area contributed by atoms with Gasteiger partial charge in [0.05, 0.1) is 14.2 Å². The zero-order valence-corrected chi connectivity index (χ0v) is 14.1. The number of thiazole rings is 1. The standard InChI is InChI=1S/C16H13N3O5S/c1-22-15(20)12-8-25-14(18-12)13(19-24-16(21)23-2)10-7-17-11-6-4-3-5-9(10)11/h3-8,17H,1-2H3/b19-13-. The number of esters is 1. The summed E-state index contributed by atoms with van der Waals surface area (Å²) >= 11 is 1.18. The van der Waals surface area contributed by atoms with E-state index in [-0.39, 0.29) is 5.69 Å². The fourth-order valence-electron chi connectivity index (χ4n) is 2.17. The fraction of sp³-hybridized carbons (Fsp3) is 0.125. The average molecular weight is 359 g/mol. The van der Waals surface area contributed by atoms with E-state index in [9.17, 15) is 9.59 Å². The molecule has 0 spiro atoms. The third kappa shape index (κ3) is 3.36. The number of methoxy groups -OCH3 is 2. The molecule has 0 fully saturated rings. The average Bonchev–Trinajstić information content (AvgIpc) is 3.29. The number of para-hydroxylation sites is 1. The summed E-state index contributed by atoms with van der Waals surface area (Å²) in [5, 5.41) is 6.68. The number of rotatable bonds is 4. The van der Waals surface area contributed by atoms with Crippen molar-refractivity contribution >= 4 is 40.1 Å². The molecule has 128 valence electrons. The van der Waals surface area contributed by atoms with Gasteiger partial charge in [0.25, 0.3) is 0 Å². The maximum absolute atomic E-state index is 11.6. The lowest BCUT2D eigenvalue weighted by molar-refractivity contribution is 0.0594. The van der Waals surface area contributed by atoms with Crippen LogP contribution in [0.1, 0.15) is 21.1 Å². The zero-order valence-electron chi connectivity index (χ0n) is 13.3. The maximum Gasteiger partial charge on any atom is 0.534 e. The van der Waals surface area contributed by atoms with Gasteiger partial charge in [0.2, 0.25) is 0 Å². The number of nitrogens with one attached hydrogen (secondary N) is 1. The minimum Gasteiger partial charge on any atom is -0.464 e. The van der Waals surface area contributed by atoms with Crippen LogP contribution in [0.15, 0.2) is 41.0 Å². The molecule has 0 bridgehead atoms. The number of hydrogen-bond acceptors (Lipinski definition) is 8. The Morgan fingerprint density at radius 3 is 2.76 bits per heavy atom. The molecule has 2 heterocycles. The smallest absolute Gasteiger partial charge is 0.464 e. The molecule has 1 N–H and O–H groups in total. The molecule has 0 saturated heterocycles. The number of aromatic nitrogens is 2. The number of fused-ring (bicyclic) bond motifs is 1. The topological polar surface area (TPSA) is 103 Å². The number of nitrogens with zero attached hydrogens (tertiary/aromatic N) is 2. The van der Waals surface area contributed by atoms with Crippen molar-refractivity contribution in [3.05, 3.63) is 52.1 Å². The number of benzene rings is 1. The van der Waals surface area contributed by atoms with Gasteiger partial charge in [0, 0.05) is 28.0 Å². The lowest BCUT2D eigenvalue weighted by Gasteiger charge is -2.02. The number of carbonyl (C=O) groups excluding carboxylic acids is 2. The Hall–Kier alpha value is -3.20. The molecule has 2 aromatic heterocycles. The summed E-state index contributed by atoms with van der Waals surface area (Å²) in [6.45, 7) is 0. The summed E-state index contributed by atoms with van der Waals surface area (Å²) in [5.74, 6) is -0.560. The highest BCUT2D eigenvalue weighted by atomic mass is 32.1. The highest BCUT2D eigenvalue weighted by molar-refractivity contribution is 7.12. The van der Waals surface area contributed by atoms with E-state index < -0.39 is 12.1 Å². The van der Waals surface area contributed by atoms with Crippen molar-refractivity contribution in [2.75, 3.05) is 14.2 Å². The number of oxime groups is 1. The molecular weight excluding hydrogens is 346 g/mol.